The van der Waals surface area contributed by atoms with Crippen LogP contribution in [0.2, 0.25) is 0 Å². The lowest BCUT2D eigenvalue weighted by atomic mass is 9.88. The Balaban J connectivity index is 2.19. The molecule has 1 aliphatic rings. The predicted molar refractivity (Wildman–Crippen MR) is 72.8 cm³/mol. The van der Waals surface area contributed by atoms with E-state index < -0.39 is 5.97 Å². The monoisotopic (exact) mass is 242 g/mol. The topological polar surface area (TPSA) is 64.7 Å². The van der Waals surface area contributed by atoms with Gasteiger partial charge in [0, 0.05) is 24.0 Å². The highest BCUT2D eigenvalue weighted by Crippen LogP contribution is 2.28. The number of benzene rings is 1. The minimum absolute atomic E-state index is 0.354. The third-order valence-corrected chi connectivity index (χ3v) is 2.95. The van der Waals surface area contributed by atoms with Gasteiger partial charge in [0.2, 0.25) is 0 Å². The van der Waals surface area contributed by atoms with Gasteiger partial charge in [0.05, 0.1) is 12.7 Å². The lowest BCUT2D eigenvalue weighted by molar-refractivity contribution is 0.0601. The minimum atomic E-state index is -0.449. The number of ether oxygens (including phenoxy) is 1. The molecule has 1 saturated carbocycles. The lowest BCUT2D eigenvalue weighted by Gasteiger charge is -2.08. The SMILES string of the molecule is [B]c1cc(C(=O)OC)cc(N)c1C=NCC1CC1. The number of anilines is 1. The maximum absolute atomic E-state index is 11.4. The number of methoxy groups -OCH3 is 1. The van der Waals surface area contributed by atoms with Crippen LogP contribution < -0.4 is 11.2 Å². The van der Waals surface area contributed by atoms with Gasteiger partial charge >= 0.3 is 5.97 Å². The molecule has 0 bridgehead atoms. The summed E-state index contributed by atoms with van der Waals surface area (Å²) >= 11 is 0. The number of esters is 1. The second-order valence-corrected chi connectivity index (χ2v) is 4.50. The second-order valence-electron chi connectivity index (χ2n) is 4.50. The van der Waals surface area contributed by atoms with Crippen molar-refractivity contribution in [1.82, 2.24) is 0 Å². The summed E-state index contributed by atoms with van der Waals surface area (Å²) in [6.07, 6.45) is 4.19. The third-order valence-electron chi connectivity index (χ3n) is 2.95. The van der Waals surface area contributed by atoms with Crippen molar-refractivity contribution in [3.05, 3.63) is 23.3 Å². The molecule has 0 amide bonds. The second kappa shape index (κ2) is 5.25. The Kier molecular flexibility index (Phi) is 3.70. The molecule has 2 rings (SSSR count). The van der Waals surface area contributed by atoms with Crippen molar-refractivity contribution < 1.29 is 9.53 Å². The smallest absolute Gasteiger partial charge is 0.337 e. The van der Waals surface area contributed by atoms with Gasteiger partial charge in [0.25, 0.3) is 0 Å². The van der Waals surface area contributed by atoms with E-state index in [9.17, 15) is 4.79 Å². The van der Waals surface area contributed by atoms with E-state index in [1.807, 2.05) is 0 Å². The summed E-state index contributed by atoms with van der Waals surface area (Å²) in [5.41, 5.74) is 7.77. The van der Waals surface area contributed by atoms with Gasteiger partial charge in [-0.1, -0.05) is 11.5 Å². The lowest BCUT2D eigenvalue weighted by Crippen LogP contribution is -2.17. The van der Waals surface area contributed by atoms with Crippen molar-refractivity contribution in [3.63, 3.8) is 0 Å². The molecule has 2 N–H and O–H groups in total. The first-order chi connectivity index (χ1) is 8.61. The van der Waals surface area contributed by atoms with Crippen LogP contribution in [0.1, 0.15) is 28.8 Å². The Bertz CT molecular complexity index is 473. The van der Waals surface area contributed by atoms with E-state index in [4.69, 9.17) is 13.6 Å². The molecule has 5 heteroatoms. The van der Waals surface area contributed by atoms with Crippen LogP contribution >= 0.6 is 0 Å². The fourth-order valence-electron chi connectivity index (χ4n) is 1.68. The van der Waals surface area contributed by atoms with Crippen molar-refractivity contribution >= 4 is 31.2 Å². The molecular formula is C13H15BN2O2. The number of hydrogen-bond acceptors (Lipinski definition) is 4. The first kappa shape index (κ1) is 12.7. The zero-order valence-corrected chi connectivity index (χ0v) is 10.3. The van der Waals surface area contributed by atoms with Crippen molar-refractivity contribution in [1.29, 1.82) is 0 Å². The van der Waals surface area contributed by atoms with Gasteiger partial charge < -0.3 is 10.5 Å². The molecule has 1 fully saturated rings. The molecule has 1 aromatic rings. The highest BCUT2D eigenvalue weighted by molar-refractivity contribution is 6.36. The highest BCUT2D eigenvalue weighted by atomic mass is 16.5. The van der Waals surface area contributed by atoms with Crippen molar-refractivity contribution in [2.24, 2.45) is 10.9 Å². The number of rotatable bonds is 4. The Morgan fingerprint density at radius 3 is 2.89 bits per heavy atom. The zero-order chi connectivity index (χ0) is 13.1. The van der Waals surface area contributed by atoms with E-state index in [0.717, 1.165) is 12.5 Å². The van der Waals surface area contributed by atoms with E-state index >= 15 is 0 Å². The molecule has 2 radical (unpaired) electrons. The largest absolute Gasteiger partial charge is 0.465 e. The van der Waals surface area contributed by atoms with Crippen molar-refractivity contribution in [3.8, 4) is 0 Å². The molecule has 1 aliphatic carbocycles. The fourth-order valence-corrected chi connectivity index (χ4v) is 1.68. The van der Waals surface area contributed by atoms with Crippen LogP contribution in [0.4, 0.5) is 5.69 Å². The number of aliphatic imine (C=N–C) groups is 1. The number of carbonyl (C=O) groups excluding carboxylic acids is 1. The Hall–Kier alpha value is -1.78. The molecule has 0 atom stereocenters. The molecule has 0 saturated heterocycles. The van der Waals surface area contributed by atoms with E-state index in [-0.39, 0.29) is 0 Å². The van der Waals surface area contributed by atoms with Crippen LogP contribution in [0.25, 0.3) is 0 Å². The summed E-state index contributed by atoms with van der Waals surface area (Å²) in [5, 5.41) is 0. The van der Waals surface area contributed by atoms with Gasteiger partial charge in [-0.25, -0.2) is 4.79 Å². The summed E-state index contributed by atoms with van der Waals surface area (Å²) in [4.78, 5) is 15.7. The molecule has 0 heterocycles. The number of nitrogen functional groups attached to an aromatic ring is 1. The van der Waals surface area contributed by atoms with Crippen LogP contribution in [0, 0.1) is 5.92 Å². The normalized spacial score (nSPS) is 14.9. The first-order valence-electron chi connectivity index (χ1n) is 5.89. The van der Waals surface area contributed by atoms with Gasteiger partial charge in [0.1, 0.15) is 7.85 Å². The van der Waals surface area contributed by atoms with E-state index in [0.29, 0.717) is 22.3 Å². The number of nitrogens with two attached hydrogens (primary N) is 1. The van der Waals surface area contributed by atoms with E-state index in [2.05, 4.69) is 9.73 Å². The third kappa shape index (κ3) is 2.91. The number of nitrogens with zero attached hydrogens (tertiary/aromatic N) is 1. The van der Waals surface area contributed by atoms with Gasteiger partial charge in [-0.05, 0) is 24.8 Å². The zero-order valence-electron chi connectivity index (χ0n) is 10.3. The van der Waals surface area contributed by atoms with Gasteiger partial charge in [-0.15, -0.1) is 0 Å². The van der Waals surface area contributed by atoms with Crippen LogP contribution in [0.15, 0.2) is 17.1 Å². The predicted octanol–water partition coefficient (Wildman–Crippen LogP) is 0.678. The molecular weight excluding hydrogens is 227 g/mol. The van der Waals surface area contributed by atoms with Crippen LogP contribution in [-0.2, 0) is 4.74 Å². The highest BCUT2D eigenvalue weighted by Gasteiger charge is 2.20. The molecule has 0 unspecified atom stereocenters. The molecule has 0 aromatic heterocycles. The summed E-state index contributed by atoms with van der Waals surface area (Å²) in [7, 11) is 7.19. The maximum atomic E-state index is 11.4. The van der Waals surface area contributed by atoms with Crippen LogP contribution in [0.5, 0.6) is 0 Å². The first-order valence-corrected chi connectivity index (χ1v) is 5.89. The summed E-state index contributed by atoms with van der Waals surface area (Å²) in [6, 6.07) is 3.11. The Labute approximate surface area is 108 Å². The molecule has 18 heavy (non-hydrogen) atoms. The van der Waals surface area contributed by atoms with E-state index in [1.165, 1.54) is 20.0 Å². The van der Waals surface area contributed by atoms with Gasteiger partial charge in [0.15, 0.2) is 0 Å². The Morgan fingerprint density at radius 2 is 2.33 bits per heavy atom. The maximum Gasteiger partial charge on any atom is 0.337 e. The fraction of sp³-hybridized carbons (Fsp3) is 0.385. The summed E-state index contributed by atoms with van der Waals surface area (Å²) in [5.74, 6) is 0.271. The average Bonchev–Trinajstić information content (AvgIpc) is 3.15. The van der Waals surface area contributed by atoms with Crippen LogP contribution in [-0.4, -0.2) is 33.7 Å². The van der Waals surface area contributed by atoms with Gasteiger partial charge in [-0.2, -0.15) is 0 Å². The van der Waals surface area contributed by atoms with Crippen molar-refractivity contribution in [2.75, 3.05) is 19.4 Å². The summed E-state index contributed by atoms with van der Waals surface area (Å²) in [6.45, 7) is 0.817. The van der Waals surface area contributed by atoms with Crippen LogP contribution in [0.3, 0.4) is 0 Å². The molecule has 0 spiro atoms. The Morgan fingerprint density at radius 1 is 1.61 bits per heavy atom. The van der Waals surface area contributed by atoms with Gasteiger partial charge in [-0.3, -0.25) is 4.99 Å². The standard InChI is InChI=1S/C13H15BN2O2/c1-18-13(17)9-4-11(14)10(12(15)5-9)7-16-6-8-2-3-8/h4-5,7-8H,2-3,6,15H2,1H3. The molecule has 92 valence electrons. The number of hydrogen-bond donors (Lipinski definition) is 1. The van der Waals surface area contributed by atoms with E-state index in [1.54, 1.807) is 18.3 Å². The molecule has 0 aliphatic heterocycles. The number of carbonyl (C=O) groups is 1. The minimum Gasteiger partial charge on any atom is -0.465 e. The average molecular weight is 242 g/mol. The molecule has 4 nitrogen and oxygen atoms in total. The summed E-state index contributed by atoms with van der Waals surface area (Å²) < 4.78 is 4.62. The molecule has 1 aromatic carbocycles. The van der Waals surface area contributed by atoms with Crippen molar-refractivity contribution in [2.45, 2.75) is 12.8 Å². The quantitative estimate of drug-likeness (QED) is 0.365.